The minimum absolute atomic E-state index is 0.219. The first-order valence-electron chi connectivity index (χ1n) is 9.09. The Bertz CT molecular complexity index is 716. The zero-order valence-electron chi connectivity index (χ0n) is 15.9. The van der Waals surface area contributed by atoms with Gasteiger partial charge in [0.2, 0.25) is 5.75 Å². The summed E-state index contributed by atoms with van der Waals surface area (Å²) in [5.41, 5.74) is 2.39. The Morgan fingerprint density at radius 1 is 0.885 bits per heavy atom. The quantitative estimate of drug-likeness (QED) is 0.707. The van der Waals surface area contributed by atoms with Crippen LogP contribution in [0.15, 0.2) is 36.4 Å². The van der Waals surface area contributed by atoms with Crippen LogP contribution in [0.3, 0.4) is 0 Å². The highest BCUT2D eigenvalue weighted by molar-refractivity contribution is 6.05. The molecule has 0 aliphatic carbocycles. The SMILES string of the molecule is CCOc1cc(C(=O)Nc2cccc(CC)c2)cc(OCC)c1OCC. The van der Waals surface area contributed by atoms with Crippen molar-refractivity contribution in [1.82, 2.24) is 0 Å². The number of amides is 1. The largest absolute Gasteiger partial charge is 0.490 e. The fourth-order valence-corrected chi connectivity index (χ4v) is 2.59. The van der Waals surface area contributed by atoms with Crippen molar-refractivity contribution in [3.05, 3.63) is 47.5 Å². The summed E-state index contributed by atoms with van der Waals surface area (Å²) in [5, 5.41) is 2.93. The van der Waals surface area contributed by atoms with Gasteiger partial charge in [-0.05, 0) is 57.0 Å². The van der Waals surface area contributed by atoms with Crippen LogP contribution in [-0.2, 0) is 6.42 Å². The molecule has 0 spiro atoms. The zero-order chi connectivity index (χ0) is 18.9. The lowest BCUT2D eigenvalue weighted by atomic mass is 10.1. The van der Waals surface area contributed by atoms with E-state index in [2.05, 4.69) is 12.2 Å². The molecule has 0 aliphatic rings. The number of rotatable bonds is 9. The molecule has 2 aromatic carbocycles. The minimum atomic E-state index is -0.219. The van der Waals surface area contributed by atoms with Gasteiger partial charge in [-0.25, -0.2) is 0 Å². The van der Waals surface area contributed by atoms with Crippen LogP contribution < -0.4 is 19.5 Å². The van der Waals surface area contributed by atoms with Crippen LogP contribution in [0.2, 0.25) is 0 Å². The number of aryl methyl sites for hydroxylation is 1. The molecule has 0 saturated carbocycles. The number of anilines is 1. The predicted octanol–water partition coefficient (Wildman–Crippen LogP) is 4.70. The van der Waals surface area contributed by atoms with Gasteiger partial charge >= 0.3 is 0 Å². The first-order chi connectivity index (χ1) is 12.6. The molecule has 0 unspecified atom stereocenters. The summed E-state index contributed by atoms with van der Waals surface area (Å²) < 4.78 is 17.0. The molecule has 0 atom stereocenters. The van der Waals surface area contributed by atoms with E-state index in [0.29, 0.717) is 42.6 Å². The lowest BCUT2D eigenvalue weighted by molar-refractivity contribution is 0.102. The number of ether oxygens (including phenoxy) is 3. The van der Waals surface area contributed by atoms with Crippen LogP contribution >= 0.6 is 0 Å². The van der Waals surface area contributed by atoms with Gasteiger partial charge in [-0.2, -0.15) is 0 Å². The van der Waals surface area contributed by atoms with Gasteiger partial charge in [-0.1, -0.05) is 19.1 Å². The monoisotopic (exact) mass is 357 g/mol. The standard InChI is InChI=1S/C21H27NO4/c1-5-15-10-9-11-17(12-15)22-21(23)16-13-18(24-6-2)20(26-8-4)19(14-16)25-7-3/h9-14H,5-8H2,1-4H3,(H,22,23). The van der Waals surface area contributed by atoms with Crippen molar-refractivity contribution >= 4 is 11.6 Å². The van der Waals surface area contributed by atoms with Gasteiger partial charge in [0.25, 0.3) is 5.91 Å². The maximum Gasteiger partial charge on any atom is 0.255 e. The number of benzene rings is 2. The Kier molecular flexibility index (Phi) is 7.33. The van der Waals surface area contributed by atoms with Crippen LogP contribution in [0.25, 0.3) is 0 Å². The van der Waals surface area contributed by atoms with Gasteiger partial charge in [-0.3, -0.25) is 4.79 Å². The summed E-state index contributed by atoms with van der Waals surface area (Å²) >= 11 is 0. The number of carbonyl (C=O) groups is 1. The van der Waals surface area contributed by atoms with Gasteiger partial charge in [0.05, 0.1) is 19.8 Å². The van der Waals surface area contributed by atoms with E-state index in [0.717, 1.165) is 12.1 Å². The molecular formula is C21H27NO4. The van der Waals surface area contributed by atoms with Gasteiger partial charge in [0, 0.05) is 11.3 Å². The van der Waals surface area contributed by atoms with E-state index < -0.39 is 0 Å². The number of carbonyl (C=O) groups excluding carboxylic acids is 1. The summed E-state index contributed by atoms with van der Waals surface area (Å²) in [6, 6.07) is 11.2. The third-order valence-corrected chi connectivity index (χ3v) is 3.76. The molecule has 0 saturated heterocycles. The highest BCUT2D eigenvalue weighted by atomic mass is 16.5. The molecule has 0 bridgehead atoms. The normalized spacial score (nSPS) is 10.3. The lowest BCUT2D eigenvalue weighted by Gasteiger charge is -2.17. The second-order valence-electron chi connectivity index (χ2n) is 5.61. The third kappa shape index (κ3) is 4.91. The van der Waals surface area contributed by atoms with Crippen molar-refractivity contribution in [3.63, 3.8) is 0 Å². The number of hydrogen-bond donors (Lipinski definition) is 1. The Labute approximate surface area is 155 Å². The van der Waals surface area contributed by atoms with Gasteiger partial charge in [0.15, 0.2) is 11.5 Å². The molecule has 1 amide bonds. The second-order valence-corrected chi connectivity index (χ2v) is 5.61. The first kappa shape index (κ1) is 19.6. The Hall–Kier alpha value is -2.69. The molecule has 2 rings (SSSR count). The van der Waals surface area contributed by atoms with Crippen molar-refractivity contribution in [2.24, 2.45) is 0 Å². The fraction of sp³-hybridized carbons (Fsp3) is 0.381. The molecule has 1 N–H and O–H groups in total. The maximum absolute atomic E-state index is 12.7. The molecule has 140 valence electrons. The van der Waals surface area contributed by atoms with Crippen molar-refractivity contribution in [3.8, 4) is 17.2 Å². The van der Waals surface area contributed by atoms with Gasteiger partial charge in [0.1, 0.15) is 0 Å². The third-order valence-electron chi connectivity index (χ3n) is 3.76. The van der Waals surface area contributed by atoms with Crippen LogP contribution in [0, 0.1) is 0 Å². The van der Waals surface area contributed by atoms with Crippen molar-refractivity contribution in [1.29, 1.82) is 0 Å². The molecule has 26 heavy (non-hydrogen) atoms. The summed E-state index contributed by atoms with van der Waals surface area (Å²) in [6.07, 6.45) is 0.912. The highest BCUT2D eigenvalue weighted by Crippen LogP contribution is 2.39. The Morgan fingerprint density at radius 3 is 2.04 bits per heavy atom. The first-order valence-corrected chi connectivity index (χ1v) is 9.09. The van der Waals surface area contributed by atoms with E-state index in [9.17, 15) is 4.79 Å². The lowest BCUT2D eigenvalue weighted by Crippen LogP contribution is -2.13. The van der Waals surface area contributed by atoms with Crippen molar-refractivity contribution < 1.29 is 19.0 Å². The Morgan fingerprint density at radius 2 is 1.50 bits per heavy atom. The molecule has 5 nitrogen and oxygen atoms in total. The average molecular weight is 357 g/mol. The van der Waals surface area contributed by atoms with Crippen LogP contribution in [0.1, 0.15) is 43.6 Å². The highest BCUT2D eigenvalue weighted by Gasteiger charge is 2.18. The molecule has 0 radical (unpaired) electrons. The summed E-state index contributed by atoms with van der Waals surface area (Å²) in [7, 11) is 0. The van der Waals surface area contributed by atoms with Gasteiger partial charge in [-0.15, -0.1) is 0 Å². The van der Waals surface area contributed by atoms with Crippen molar-refractivity contribution in [2.45, 2.75) is 34.1 Å². The molecule has 0 heterocycles. The summed E-state index contributed by atoms with van der Waals surface area (Å²) in [4.78, 5) is 12.7. The molecule has 0 aliphatic heterocycles. The minimum Gasteiger partial charge on any atom is -0.490 e. The molecule has 0 fully saturated rings. The number of nitrogens with one attached hydrogen (secondary N) is 1. The maximum atomic E-state index is 12.7. The molecular weight excluding hydrogens is 330 g/mol. The average Bonchev–Trinajstić information content (AvgIpc) is 2.64. The van der Waals surface area contributed by atoms with E-state index in [1.807, 2.05) is 45.0 Å². The smallest absolute Gasteiger partial charge is 0.255 e. The second kappa shape index (κ2) is 9.70. The topological polar surface area (TPSA) is 56.8 Å². The summed E-state index contributed by atoms with van der Waals surface area (Å²) in [6.45, 7) is 9.17. The molecule has 5 heteroatoms. The zero-order valence-corrected chi connectivity index (χ0v) is 15.9. The Balaban J connectivity index is 2.35. The van der Waals surface area contributed by atoms with E-state index >= 15 is 0 Å². The number of hydrogen-bond acceptors (Lipinski definition) is 4. The molecule has 0 aromatic heterocycles. The van der Waals surface area contributed by atoms with Crippen LogP contribution in [0.4, 0.5) is 5.69 Å². The predicted molar refractivity (Wildman–Crippen MR) is 104 cm³/mol. The van der Waals surface area contributed by atoms with E-state index in [1.54, 1.807) is 12.1 Å². The van der Waals surface area contributed by atoms with Crippen molar-refractivity contribution in [2.75, 3.05) is 25.1 Å². The van der Waals surface area contributed by atoms with E-state index in [-0.39, 0.29) is 5.91 Å². The van der Waals surface area contributed by atoms with Crippen LogP contribution in [0.5, 0.6) is 17.2 Å². The molecule has 2 aromatic rings. The summed E-state index contributed by atoms with van der Waals surface area (Å²) in [5.74, 6) is 1.32. The fourth-order valence-electron chi connectivity index (χ4n) is 2.59. The van der Waals surface area contributed by atoms with Crippen LogP contribution in [-0.4, -0.2) is 25.7 Å². The van der Waals surface area contributed by atoms with Gasteiger partial charge < -0.3 is 19.5 Å². The van der Waals surface area contributed by atoms with E-state index in [1.165, 1.54) is 5.56 Å². The van der Waals surface area contributed by atoms with E-state index in [4.69, 9.17) is 14.2 Å².